The summed E-state index contributed by atoms with van der Waals surface area (Å²) in [6.45, 7) is 0. The smallest absolute Gasteiger partial charge is 0.322 e. The molecular formula is C26H24N6O3. The molecule has 9 heteroatoms. The van der Waals surface area contributed by atoms with Gasteiger partial charge in [-0.1, -0.05) is 30.3 Å². The van der Waals surface area contributed by atoms with E-state index in [-0.39, 0.29) is 11.9 Å². The van der Waals surface area contributed by atoms with E-state index in [9.17, 15) is 9.59 Å². The molecule has 1 spiro atoms. The molecule has 2 fully saturated rings. The number of benzene rings is 2. The first kappa shape index (κ1) is 21.2. The summed E-state index contributed by atoms with van der Waals surface area (Å²) in [4.78, 5) is 32.8. The van der Waals surface area contributed by atoms with E-state index in [0.29, 0.717) is 18.7 Å². The van der Waals surface area contributed by atoms with Crippen LogP contribution in [0, 0.1) is 0 Å². The molecule has 176 valence electrons. The Kier molecular flexibility index (Phi) is 4.91. The van der Waals surface area contributed by atoms with Crippen molar-refractivity contribution < 1.29 is 14.3 Å². The van der Waals surface area contributed by atoms with Crippen molar-refractivity contribution in [3.8, 4) is 22.6 Å². The molecule has 3 heterocycles. The van der Waals surface area contributed by atoms with E-state index in [4.69, 9.17) is 10.5 Å². The first-order valence-corrected chi connectivity index (χ1v) is 11.6. The lowest BCUT2D eigenvalue weighted by Crippen LogP contribution is -2.49. The number of imide groups is 1. The summed E-state index contributed by atoms with van der Waals surface area (Å²) in [6.07, 6.45) is 6.13. The minimum Gasteiger partial charge on any atom is -0.457 e. The average molecular weight is 469 g/mol. The normalized spacial score (nSPS) is 21.8. The summed E-state index contributed by atoms with van der Waals surface area (Å²) in [5, 5.41) is 6.00. The van der Waals surface area contributed by atoms with Crippen molar-refractivity contribution in [3.63, 3.8) is 0 Å². The van der Waals surface area contributed by atoms with Crippen molar-refractivity contribution in [2.45, 2.75) is 37.3 Å². The molecular weight excluding hydrogens is 444 g/mol. The predicted octanol–water partition coefficient (Wildman–Crippen LogP) is 4.17. The van der Waals surface area contributed by atoms with Crippen LogP contribution in [0.1, 0.15) is 31.7 Å². The van der Waals surface area contributed by atoms with Crippen molar-refractivity contribution in [3.05, 3.63) is 67.1 Å². The second-order valence-electron chi connectivity index (χ2n) is 9.07. The first-order chi connectivity index (χ1) is 17.0. The van der Waals surface area contributed by atoms with E-state index < -0.39 is 11.6 Å². The number of carbonyl (C=O) groups excluding carboxylic acids is 2. The molecule has 1 aliphatic carbocycles. The van der Waals surface area contributed by atoms with Gasteiger partial charge in [-0.05, 0) is 55.5 Å². The Balaban J connectivity index is 1.31. The lowest BCUT2D eigenvalue weighted by Gasteiger charge is -2.35. The van der Waals surface area contributed by atoms with Crippen molar-refractivity contribution in [1.82, 2.24) is 25.2 Å². The van der Waals surface area contributed by atoms with Gasteiger partial charge < -0.3 is 20.4 Å². The van der Waals surface area contributed by atoms with Crippen molar-refractivity contribution in [1.29, 1.82) is 0 Å². The lowest BCUT2D eigenvalue weighted by molar-refractivity contribution is -0.125. The zero-order valence-corrected chi connectivity index (χ0v) is 18.9. The zero-order valence-electron chi connectivity index (χ0n) is 18.9. The Morgan fingerprint density at radius 1 is 0.971 bits per heavy atom. The first-order valence-electron chi connectivity index (χ1n) is 11.6. The number of urea groups is 1. The van der Waals surface area contributed by atoms with E-state index in [1.54, 1.807) is 0 Å². The molecule has 1 aliphatic heterocycles. The van der Waals surface area contributed by atoms with E-state index in [0.717, 1.165) is 46.5 Å². The molecule has 3 amide bonds. The summed E-state index contributed by atoms with van der Waals surface area (Å²) < 4.78 is 8.06. The quantitative estimate of drug-likeness (QED) is 0.386. The van der Waals surface area contributed by atoms with E-state index >= 15 is 0 Å². The van der Waals surface area contributed by atoms with E-state index in [1.807, 2.05) is 54.6 Å². The number of para-hydroxylation sites is 1. The molecule has 0 bridgehead atoms. The Bertz CT molecular complexity index is 1420. The largest absolute Gasteiger partial charge is 0.457 e. The number of anilines is 1. The third-order valence-electron chi connectivity index (χ3n) is 7.00. The number of nitrogens with two attached hydrogens (primary N) is 1. The highest BCUT2D eigenvalue weighted by molar-refractivity contribution is 6.07. The Hall–Kier alpha value is -4.40. The van der Waals surface area contributed by atoms with Gasteiger partial charge >= 0.3 is 6.03 Å². The second kappa shape index (κ2) is 8.12. The summed E-state index contributed by atoms with van der Waals surface area (Å²) in [5.74, 6) is 1.70. The summed E-state index contributed by atoms with van der Waals surface area (Å²) in [5.41, 5.74) is 8.18. The Labute approximate surface area is 201 Å². The minimum atomic E-state index is -0.804. The third kappa shape index (κ3) is 3.65. The lowest BCUT2D eigenvalue weighted by atomic mass is 9.79. The number of nitrogens with one attached hydrogen (secondary N) is 2. The van der Waals surface area contributed by atoms with Crippen molar-refractivity contribution in [2.75, 3.05) is 5.73 Å². The van der Waals surface area contributed by atoms with Crippen molar-refractivity contribution >= 4 is 28.8 Å². The van der Waals surface area contributed by atoms with Gasteiger partial charge in [0.2, 0.25) is 0 Å². The van der Waals surface area contributed by atoms with Gasteiger partial charge in [0.1, 0.15) is 34.8 Å². The van der Waals surface area contributed by atoms with Crippen molar-refractivity contribution in [2.24, 2.45) is 0 Å². The molecule has 6 rings (SSSR count). The van der Waals surface area contributed by atoms with Crippen LogP contribution in [0.3, 0.4) is 0 Å². The maximum absolute atomic E-state index is 12.3. The molecule has 2 aromatic heterocycles. The van der Waals surface area contributed by atoms with Gasteiger partial charge in [0, 0.05) is 17.8 Å². The standard InChI is InChI=1S/C26H24N6O3/c27-22-21-20(16-6-8-19(9-7-16)35-18-4-2-1-3-5-18)14-32(23(21)29-15-28-22)17-10-12-26(13-11-17)24(33)30-25(34)31-26/h1-9,14-15,17H,10-13H2,(H2,27,28,29)(H2,30,31,33,34)/t17-,26+. The molecule has 0 unspecified atom stereocenters. The molecule has 1 saturated heterocycles. The maximum Gasteiger partial charge on any atom is 0.322 e. The van der Waals surface area contributed by atoms with Gasteiger partial charge in [-0.2, -0.15) is 0 Å². The van der Waals surface area contributed by atoms with Crippen LogP contribution >= 0.6 is 0 Å². The fraction of sp³-hybridized carbons (Fsp3) is 0.231. The molecule has 4 N–H and O–H groups in total. The Morgan fingerprint density at radius 2 is 1.69 bits per heavy atom. The number of hydrogen-bond acceptors (Lipinski definition) is 6. The van der Waals surface area contributed by atoms with Gasteiger partial charge in [-0.25, -0.2) is 14.8 Å². The number of ether oxygens (including phenoxy) is 1. The average Bonchev–Trinajstić information content (AvgIpc) is 3.39. The highest BCUT2D eigenvalue weighted by Crippen LogP contribution is 2.41. The summed E-state index contributed by atoms with van der Waals surface area (Å²) in [7, 11) is 0. The molecule has 9 nitrogen and oxygen atoms in total. The molecule has 2 aliphatic rings. The van der Waals surface area contributed by atoms with Crippen LogP contribution in [0.4, 0.5) is 10.6 Å². The van der Waals surface area contributed by atoms with Crippen LogP contribution in [-0.4, -0.2) is 32.0 Å². The van der Waals surface area contributed by atoms with Crippen LogP contribution in [-0.2, 0) is 4.79 Å². The molecule has 0 atom stereocenters. The number of carbonyl (C=O) groups is 2. The van der Waals surface area contributed by atoms with Crippen LogP contribution in [0.2, 0.25) is 0 Å². The predicted molar refractivity (Wildman–Crippen MR) is 131 cm³/mol. The summed E-state index contributed by atoms with van der Waals surface area (Å²) >= 11 is 0. The van der Waals surface area contributed by atoms with Crippen LogP contribution in [0.25, 0.3) is 22.2 Å². The maximum atomic E-state index is 12.3. The number of fused-ring (bicyclic) bond motifs is 1. The highest BCUT2D eigenvalue weighted by atomic mass is 16.5. The topological polar surface area (TPSA) is 124 Å². The molecule has 2 aromatic carbocycles. The van der Waals surface area contributed by atoms with Gasteiger partial charge in [0.05, 0.1) is 5.39 Å². The Morgan fingerprint density at radius 3 is 2.37 bits per heavy atom. The zero-order chi connectivity index (χ0) is 24.0. The molecule has 35 heavy (non-hydrogen) atoms. The SMILES string of the molecule is Nc1ncnc2c1c(-c1ccc(Oc3ccccc3)cc1)cn2[C@H]1CC[C@]2(CC1)NC(=O)NC2=O. The highest BCUT2D eigenvalue weighted by Gasteiger charge is 2.48. The minimum absolute atomic E-state index is 0.122. The number of nitrogen functional groups attached to an aromatic ring is 1. The van der Waals surface area contributed by atoms with Gasteiger partial charge in [0.15, 0.2) is 0 Å². The van der Waals surface area contributed by atoms with Crippen LogP contribution in [0.5, 0.6) is 11.5 Å². The number of nitrogens with zero attached hydrogens (tertiary/aromatic N) is 3. The molecule has 4 aromatic rings. The third-order valence-corrected chi connectivity index (χ3v) is 7.00. The second-order valence-corrected chi connectivity index (χ2v) is 9.07. The fourth-order valence-electron chi connectivity index (χ4n) is 5.19. The van der Waals surface area contributed by atoms with Crippen LogP contribution < -0.4 is 21.1 Å². The van der Waals surface area contributed by atoms with Gasteiger partial charge in [-0.3, -0.25) is 10.1 Å². The van der Waals surface area contributed by atoms with Gasteiger partial charge in [-0.15, -0.1) is 0 Å². The summed E-state index contributed by atoms with van der Waals surface area (Å²) in [6, 6.07) is 17.2. The van der Waals surface area contributed by atoms with E-state index in [1.165, 1.54) is 6.33 Å². The number of amides is 3. The number of hydrogen-bond donors (Lipinski definition) is 3. The fourth-order valence-corrected chi connectivity index (χ4v) is 5.19. The number of aromatic nitrogens is 3. The monoisotopic (exact) mass is 468 g/mol. The van der Waals surface area contributed by atoms with E-state index in [2.05, 4.69) is 31.4 Å². The molecule has 0 radical (unpaired) electrons. The molecule has 1 saturated carbocycles. The van der Waals surface area contributed by atoms with Gasteiger partial charge in [0.25, 0.3) is 5.91 Å². The van der Waals surface area contributed by atoms with Crippen LogP contribution in [0.15, 0.2) is 67.1 Å². The number of rotatable bonds is 4.